The number of aliphatic hydroxyl groups excluding tert-OH is 1. The molecule has 0 aliphatic carbocycles. The highest BCUT2D eigenvalue weighted by Crippen LogP contribution is 2.22. The number of anilines is 1. The lowest BCUT2D eigenvalue weighted by Gasteiger charge is -2.35. The van der Waals surface area contributed by atoms with E-state index in [0.717, 1.165) is 43.9 Å². The van der Waals surface area contributed by atoms with Crippen molar-refractivity contribution in [1.82, 2.24) is 15.5 Å². The molecule has 0 bridgehead atoms. The summed E-state index contributed by atoms with van der Waals surface area (Å²) >= 11 is 0. The van der Waals surface area contributed by atoms with E-state index in [1.807, 2.05) is 42.5 Å². The van der Waals surface area contributed by atoms with Crippen LogP contribution in [0.1, 0.15) is 24.0 Å². The molecule has 0 amide bonds. The van der Waals surface area contributed by atoms with Crippen LogP contribution >= 0.6 is 24.0 Å². The summed E-state index contributed by atoms with van der Waals surface area (Å²) in [6, 6.07) is 15.3. The van der Waals surface area contributed by atoms with E-state index in [1.54, 1.807) is 13.1 Å². The summed E-state index contributed by atoms with van der Waals surface area (Å²) in [5, 5.41) is 16.2. The van der Waals surface area contributed by atoms with Crippen LogP contribution in [0.3, 0.4) is 0 Å². The van der Waals surface area contributed by atoms with Crippen LogP contribution in [0.4, 0.5) is 10.1 Å². The first-order chi connectivity index (χ1) is 15.1. The minimum absolute atomic E-state index is 0. The van der Waals surface area contributed by atoms with Crippen LogP contribution in [-0.2, 0) is 6.54 Å². The summed E-state index contributed by atoms with van der Waals surface area (Å²) in [4.78, 5) is 8.74. The monoisotopic (exact) mass is 555 g/mol. The zero-order valence-corrected chi connectivity index (χ0v) is 21.3. The molecule has 3 rings (SSSR count). The topological polar surface area (TPSA) is 63.1 Å². The Morgan fingerprint density at radius 3 is 2.41 bits per heavy atom. The highest BCUT2D eigenvalue weighted by molar-refractivity contribution is 14.0. The molecule has 2 aromatic rings. The van der Waals surface area contributed by atoms with E-state index >= 15 is 0 Å². The molecule has 1 unspecified atom stereocenters. The molecule has 8 heteroatoms. The van der Waals surface area contributed by atoms with Gasteiger partial charge in [-0.05, 0) is 29.8 Å². The SMILES string of the molecule is CCN1CCN(c2ccc(CNC(=NC)NCC(CO)c3ccccc3)cc2F)CC1.I. The maximum Gasteiger partial charge on any atom is 0.191 e. The number of guanidine groups is 1. The first-order valence-corrected chi connectivity index (χ1v) is 11.0. The number of hydrogen-bond donors (Lipinski definition) is 3. The fraction of sp³-hybridized carbons (Fsp3) is 0.458. The van der Waals surface area contributed by atoms with Gasteiger partial charge in [0, 0.05) is 52.2 Å². The van der Waals surface area contributed by atoms with Crippen molar-refractivity contribution in [2.75, 3.05) is 57.8 Å². The molecule has 1 saturated heterocycles. The fourth-order valence-corrected chi connectivity index (χ4v) is 3.86. The van der Waals surface area contributed by atoms with Gasteiger partial charge in [-0.3, -0.25) is 4.99 Å². The van der Waals surface area contributed by atoms with E-state index in [2.05, 4.69) is 32.3 Å². The standard InChI is InChI=1S/C24H34FN5O.HI/c1-3-29-11-13-30(14-12-29)23-10-9-19(15-22(23)25)16-27-24(26-2)28-17-21(18-31)20-7-5-4-6-8-20;/h4-10,15,21,31H,3,11-14,16-18H2,1-2H3,(H2,26,27,28);1H. The fourth-order valence-electron chi connectivity index (χ4n) is 3.86. The first-order valence-electron chi connectivity index (χ1n) is 11.0. The predicted molar refractivity (Wildman–Crippen MR) is 141 cm³/mol. The molecule has 1 aliphatic heterocycles. The van der Waals surface area contributed by atoms with Crippen molar-refractivity contribution in [3.05, 3.63) is 65.5 Å². The molecule has 176 valence electrons. The van der Waals surface area contributed by atoms with Gasteiger partial charge in [0.2, 0.25) is 0 Å². The molecule has 1 fully saturated rings. The van der Waals surface area contributed by atoms with Crippen molar-refractivity contribution in [2.45, 2.75) is 19.4 Å². The Balaban J connectivity index is 0.00000363. The minimum atomic E-state index is -0.184. The Morgan fingerprint density at radius 1 is 1.09 bits per heavy atom. The molecule has 0 radical (unpaired) electrons. The molecule has 1 atom stereocenters. The van der Waals surface area contributed by atoms with E-state index in [4.69, 9.17) is 0 Å². The Bertz CT molecular complexity index is 844. The lowest BCUT2D eigenvalue weighted by molar-refractivity contribution is 0.265. The van der Waals surface area contributed by atoms with Crippen LogP contribution in [0.5, 0.6) is 0 Å². The average Bonchev–Trinajstić information content (AvgIpc) is 2.82. The third kappa shape index (κ3) is 7.31. The number of nitrogens with zero attached hydrogens (tertiary/aromatic N) is 3. The maximum atomic E-state index is 14.8. The first kappa shape index (κ1) is 26.3. The summed E-state index contributed by atoms with van der Waals surface area (Å²) in [5.74, 6) is 0.413. The molecule has 3 N–H and O–H groups in total. The smallest absolute Gasteiger partial charge is 0.191 e. The van der Waals surface area contributed by atoms with Crippen LogP contribution in [0, 0.1) is 5.82 Å². The quantitative estimate of drug-likeness (QED) is 0.266. The van der Waals surface area contributed by atoms with Gasteiger partial charge in [0.25, 0.3) is 0 Å². The van der Waals surface area contributed by atoms with Crippen molar-refractivity contribution in [3.63, 3.8) is 0 Å². The van der Waals surface area contributed by atoms with Gasteiger partial charge < -0.3 is 25.5 Å². The molecule has 1 heterocycles. The highest BCUT2D eigenvalue weighted by atomic mass is 127. The molecule has 1 aliphatic rings. The van der Waals surface area contributed by atoms with Crippen LogP contribution in [0.2, 0.25) is 0 Å². The Kier molecular flexibility index (Phi) is 11.2. The summed E-state index contributed by atoms with van der Waals surface area (Å²) in [5.41, 5.74) is 2.61. The highest BCUT2D eigenvalue weighted by Gasteiger charge is 2.18. The van der Waals surface area contributed by atoms with Gasteiger partial charge in [0.1, 0.15) is 5.82 Å². The number of piperazine rings is 1. The number of likely N-dealkylation sites (N-methyl/N-ethyl adjacent to an activating group) is 1. The summed E-state index contributed by atoms with van der Waals surface area (Å²) in [6.45, 7) is 7.92. The van der Waals surface area contributed by atoms with Gasteiger partial charge in [0.05, 0.1) is 12.3 Å². The van der Waals surface area contributed by atoms with E-state index in [-0.39, 0.29) is 42.3 Å². The van der Waals surface area contributed by atoms with Crippen molar-refractivity contribution < 1.29 is 9.50 Å². The van der Waals surface area contributed by atoms with Gasteiger partial charge in [-0.1, -0.05) is 43.3 Å². The number of hydrogen-bond acceptors (Lipinski definition) is 4. The van der Waals surface area contributed by atoms with E-state index in [1.165, 1.54) is 0 Å². The molecule has 0 aromatic heterocycles. The Hall–Kier alpha value is -1.91. The second kappa shape index (κ2) is 13.6. The van der Waals surface area contributed by atoms with Crippen LogP contribution < -0.4 is 15.5 Å². The number of nitrogens with one attached hydrogen (secondary N) is 2. The summed E-state index contributed by atoms with van der Waals surface area (Å²) in [6.07, 6.45) is 0. The maximum absolute atomic E-state index is 14.8. The minimum Gasteiger partial charge on any atom is -0.396 e. The average molecular weight is 555 g/mol. The summed E-state index contributed by atoms with van der Waals surface area (Å²) < 4.78 is 14.8. The van der Waals surface area contributed by atoms with Gasteiger partial charge in [-0.15, -0.1) is 24.0 Å². The van der Waals surface area contributed by atoms with E-state index in [9.17, 15) is 9.50 Å². The zero-order chi connectivity index (χ0) is 22.1. The largest absolute Gasteiger partial charge is 0.396 e. The predicted octanol–water partition coefficient (Wildman–Crippen LogP) is 3.03. The number of rotatable bonds is 8. The van der Waals surface area contributed by atoms with Gasteiger partial charge in [0.15, 0.2) is 5.96 Å². The third-order valence-corrected chi connectivity index (χ3v) is 5.86. The third-order valence-electron chi connectivity index (χ3n) is 5.86. The Labute approximate surface area is 207 Å². The normalized spacial score (nSPS) is 15.8. The zero-order valence-electron chi connectivity index (χ0n) is 18.9. The van der Waals surface area contributed by atoms with Gasteiger partial charge >= 0.3 is 0 Å². The molecule has 0 saturated carbocycles. The van der Waals surface area contributed by atoms with Crippen molar-refractivity contribution in [1.29, 1.82) is 0 Å². The van der Waals surface area contributed by atoms with Crippen LogP contribution in [0.15, 0.2) is 53.5 Å². The number of aliphatic imine (C=N–C) groups is 1. The molecule has 0 spiro atoms. The van der Waals surface area contributed by atoms with Crippen LogP contribution in [-0.4, -0.2) is 68.9 Å². The van der Waals surface area contributed by atoms with Crippen molar-refractivity contribution in [3.8, 4) is 0 Å². The second-order valence-electron chi connectivity index (χ2n) is 7.80. The van der Waals surface area contributed by atoms with E-state index in [0.29, 0.717) is 24.7 Å². The van der Waals surface area contributed by atoms with Crippen molar-refractivity contribution >= 4 is 35.6 Å². The molecule has 6 nitrogen and oxygen atoms in total. The number of halogens is 2. The number of benzene rings is 2. The lowest BCUT2D eigenvalue weighted by Crippen LogP contribution is -2.46. The molecule has 2 aromatic carbocycles. The van der Waals surface area contributed by atoms with Gasteiger partial charge in [-0.25, -0.2) is 4.39 Å². The van der Waals surface area contributed by atoms with Crippen molar-refractivity contribution in [2.24, 2.45) is 4.99 Å². The van der Waals surface area contributed by atoms with Crippen LogP contribution in [0.25, 0.3) is 0 Å². The second-order valence-corrected chi connectivity index (χ2v) is 7.80. The molecule has 32 heavy (non-hydrogen) atoms. The number of aliphatic hydroxyl groups is 1. The summed E-state index contributed by atoms with van der Waals surface area (Å²) in [7, 11) is 1.70. The lowest BCUT2D eigenvalue weighted by atomic mass is 10.0. The van der Waals surface area contributed by atoms with Gasteiger partial charge in [-0.2, -0.15) is 0 Å². The molecular weight excluding hydrogens is 520 g/mol. The van der Waals surface area contributed by atoms with E-state index < -0.39 is 0 Å². The molecular formula is C24H35FIN5O. The Morgan fingerprint density at radius 2 is 1.81 bits per heavy atom.